The summed E-state index contributed by atoms with van der Waals surface area (Å²) in [5, 5.41) is 52.3. The van der Waals surface area contributed by atoms with Crippen molar-refractivity contribution in [3.05, 3.63) is 88.1 Å². The van der Waals surface area contributed by atoms with E-state index in [4.69, 9.17) is 13.9 Å². The van der Waals surface area contributed by atoms with Crippen LogP contribution in [0.1, 0.15) is 23.7 Å². The van der Waals surface area contributed by atoms with Gasteiger partial charge in [-0.05, 0) is 54.8 Å². The molecule has 1 unspecified atom stereocenters. The highest BCUT2D eigenvalue weighted by Crippen LogP contribution is 2.47. The Bertz CT molecular complexity index is 1840. The number of benzene rings is 4. The Morgan fingerprint density at radius 2 is 1.60 bits per heavy atom. The minimum absolute atomic E-state index is 0.0195. The van der Waals surface area contributed by atoms with Crippen molar-refractivity contribution >= 4 is 11.0 Å². The van der Waals surface area contributed by atoms with Gasteiger partial charge in [0.05, 0.1) is 12.7 Å². The fourth-order valence-corrected chi connectivity index (χ4v) is 5.11. The summed E-state index contributed by atoms with van der Waals surface area (Å²) in [5.41, 5.74) is 1.32. The van der Waals surface area contributed by atoms with Crippen LogP contribution in [-0.2, 0) is 6.42 Å². The molecule has 40 heavy (non-hydrogen) atoms. The average Bonchev–Trinajstić information content (AvgIpc) is 2.93. The Morgan fingerprint density at radius 3 is 2.35 bits per heavy atom. The first-order chi connectivity index (χ1) is 19.2. The summed E-state index contributed by atoms with van der Waals surface area (Å²) in [7, 11) is 1.54. The van der Waals surface area contributed by atoms with E-state index in [9.17, 15) is 30.3 Å². The van der Waals surface area contributed by atoms with Gasteiger partial charge in [0.15, 0.2) is 11.0 Å². The van der Waals surface area contributed by atoms with Crippen LogP contribution >= 0.6 is 0 Å². The second-order valence-corrected chi connectivity index (χ2v) is 9.56. The van der Waals surface area contributed by atoms with Crippen LogP contribution in [0.15, 0.2) is 75.9 Å². The maximum Gasteiger partial charge on any atom is 0.197 e. The molecule has 1 aliphatic rings. The fraction of sp³-hybridized carbons (Fsp3) is 0.129. The molecule has 0 radical (unpaired) electrons. The monoisotopic (exact) mass is 540 g/mol. The highest BCUT2D eigenvalue weighted by molar-refractivity contribution is 6.00. The molecule has 1 aromatic heterocycles. The summed E-state index contributed by atoms with van der Waals surface area (Å²) < 4.78 is 17.4. The molecule has 4 aromatic carbocycles. The smallest absolute Gasteiger partial charge is 0.197 e. The molecule has 0 bridgehead atoms. The quantitative estimate of drug-likeness (QED) is 0.193. The molecule has 0 fully saturated rings. The van der Waals surface area contributed by atoms with Crippen molar-refractivity contribution < 1.29 is 39.4 Å². The van der Waals surface area contributed by atoms with Gasteiger partial charge in [-0.25, -0.2) is 0 Å². The van der Waals surface area contributed by atoms with Gasteiger partial charge in [0.25, 0.3) is 0 Å². The van der Waals surface area contributed by atoms with Gasteiger partial charge in [0.2, 0.25) is 0 Å². The topological polar surface area (TPSA) is 150 Å². The molecule has 1 aliphatic heterocycles. The van der Waals surface area contributed by atoms with Crippen LogP contribution in [0.4, 0.5) is 0 Å². The lowest BCUT2D eigenvalue weighted by Crippen LogP contribution is -2.15. The maximum absolute atomic E-state index is 13.1. The van der Waals surface area contributed by atoms with E-state index in [2.05, 4.69) is 0 Å². The number of phenols is 5. The normalized spacial score (nSPS) is 14.5. The molecule has 0 saturated heterocycles. The number of hydrogen-bond donors (Lipinski definition) is 5. The van der Waals surface area contributed by atoms with Crippen LogP contribution in [0.3, 0.4) is 0 Å². The second kappa shape index (κ2) is 9.46. The molecule has 9 heteroatoms. The summed E-state index contributed by atoms with van der Waals surface area (Å²) in [5.74, 6) is -0.108. The first kappa shape index (κ1) is 25.0. The van der Waals surface area contributed by atoms with E-state index >= 15 is 0 Å². The number of fused-ring (bicyclic) bond motifs is 2. The lowest BCUT2D eigenvalue weighted by atomic mass is 9.93. The third-order valence-corrected chi connectivity index (χ3v) is 7.09. The number of phenolic OH excluding ortho intramolecular Hbond substituents is 5. The molecule has 9 nitrogen and oxygen atoms in total. The molecule has 5 aromatic rings. The number of hydrogen-bond acceptors (Lipinski definition) is 9. The second-order valence-electron chi connectivity index (χ2n) is 9.56. The Balaban J connectivity index is 1.50. The van der Waals surface area contributed by atoms with Gasteiger partial charge in [-0.1, -0.05) is 6.07 Å². The number of aromatic hydroxyl groups is 5. The predicted molar refractivity (Wildman–Crippen MR) is 146 cm³/mol. The zero-order chi connectivity index (χ0) is 28.1. The molecule has 202 valence electrons. The van der Waals surface area contributed by atoms with E-state index in [0.29, 0.717) is 41.0 Å². The molecule has 0 spiro atoms. The molecule has 6 rings (SSSR count). The van der Waals surface area contributed by atoms with E-state index in [1.54, 1.807) is 36.4 Å². The zero-order valence-electron chi connectivity index (χ0n) is 21.2. The highest BCUT2D eigenvalue weighted by atomic mass is 16.5. The predicted octanol–water partition coefficient (Wildman–Crippen LogP) is 5.73. The van der Waals surface area contributed by atoms with E-state index in [-0.39, 0.29) is 45.1 Å². The largest absolute Gasteiger partial charge is 0.508 e. The molecular formula is C31H24O9. The van der Waals surface area contributed by atoms with E-state index in [1.165, 1.54) is 31.4 Å². The lowest BCUT2D eigenvalue weighted by molar-refractivity contribution is 0.174. The van der Waals surface area contributed by atoms with Crippen LogP contribution in [0.5, 0.6) is 40.2 Å². The zero-order valence-corrected chi connectivity index (χ0v) is 21.2. The van der Waals surface area contributed by atoms with Gasteiger partial charge < -0.3 is 39.4 Å². The summed E-state index contributed by atoms with van der Waals surface area (Å²) >= 11 is 0. The molecule has 0 saturated carbocycles. The van der Waals surface area contributed by atoms with Gasteiger partial charge in [-0.2, -0.15) is 0 Å². The van der Waals surface area contributed by atoms with Crippen LogP contribution in [0.2, 0.25) is 0 Å². The van der Waals surface area contributed by atoms with Crippen molar-refractivity contribution in [2.45, 2.75) is 18.9 Å². The molecule has 0 amide bonds. The minimum atomic E-state index is -0.534. The van der Waals surface area contributed by atoms with E-state index in [1.807, 2.05) is 0 Å². The third-order valence-electron chi connectivity index (χ3n) is 7.09. The molecule has 1 atom stereocenters. The van der Waals surface area contributed by atoms with Gasteiger partial charge in [0.1, 0.15) is 57.5 Å². The molecule has 2 heterocycles. The number of methoxy groups -OCH3 is 1. The number of rotatable bonds is 4. The molecular weight excluding hydrogens is 516 g/mol. The summed E-state index contributed by atoms with van der Waals surface area (Å²) in [6.07, 6.45) is 0.477. The lowest BCUT2D eigenvalue weighted by Gasteiger charge is -2.27. The third kappa shape index (κ3) is 4.17. The van der Waals surface area contributed by atoms with Crippen molar-refractivity contribution in [1.82, 2.24) is 0 Å². The van der Waals surface area contributed by atoms with Crippen molar-refractivity contribution in [1.29, 1.82) is 0 Å². The van der Waals surface area contributed by atoms with Crippen molar-refractivity contribution in [3.8, 4) is 62.7 Å². The Labute approximate surface area is 227 Å². The number of ether oxygens (including phenoxy) is 2. The van der Waals surface area contributed by atoms with E-state index in [0.717, 1.165) is 6.07 Å². The van der Waals surface area contributed by atoms with Crippen molar-refractivity contribution in [2.75, 3.05) is 7.11 Å². The van der Waals surface area contributed by atoms with Crippen LogP contribution in [-0.4, -0.2) is 32.6 Å². The Hall–Kier alpha value is -5.31. The van der Waals surface area contributed by atoms with Crippen LogP contribution in [0, 0.1) is 0 Å². The fourth-order valence-electron chi connectivity index (χ4n) is 5.11. The highest BCUT2D eigenvalue weighted by Gasteiger charge is 2.27. The minimum Gasteiger partial charge on any atom is -0.508 e. The van der Waals surface area contributed by atoms with Crippen molar-refractivity contribution in [2.24, 2.45) is 0 Å². The standard InChI is InChI=1S/C31H24O9/c1-38-18-5-2-15(3-6-18)27-14-25(37)30-24(36)13-23(35)29(31(30)40-27)20-10-16(4-8-21(20)33)26-9-7-19-22(34)11-17(32)12-28(19)39-26/h2-6,8,10-14,26,32-36H,7,9H2,1H3. The van der Waals surface area contributed by atoms with Gasteiger partial charge >= 0.3 is 0 Å². The van der Waals surface area contributed by atoms with Crippen LogP contribution < -0.4 is 14.9 Å². The summed E-state index contributed by atoms with van der Waals surface area (Å²) in [4.78, 5) is 13.1. The van der Waals surface area contributed by atoms with Crippen LogP contribution in [0.25, 0.3) is 33.4 Å². The first-order valence-electron chi connectivity index (χ1n) is 12.5. The Morgan fingerprint density at radius 1 is 0.825 bits per heavy atom. The Kier molecular flexibility index (Phi) is 5.91. The summed E-state index contributed by atoms with van der Waals surface area (Å²) in [6.45, 7) is 0. The molecule has 0 aliphatic carbocycles. The summed E-state index contributed by atoms with van der Waals surface area (Å²) in [6, 6.07) is 16.5. The van der Waals surface area contributed by atoms with Gasteiger partial charge in [-0.15, -0.1) is 0 Å². The average molecular weight is 541 g/mol. The molecule has 5 N–H and O–H groups in total. The maximum atomic E-state index is 13.1. The van der Waals surface area contributed by atoms with Gasteiger partial charge in [0, 0.05) is 41.0 Å². The SMILES string of the molecule is COc1ccc(-c2cc(=O)c3c(O)cc(O)c(-c4cc(C5CCc6c(O)cc(O)cc6O5)ccc4O)c3o2)cc1. The van der Waals surface area contributed by atoms with Crippen molar-refractivity contribution in [3.63, 3.8) is 0 Å². The first-order valence-corrected chi connectivity index (χ1v) is 12.5. The van der Waals surface area contributed by atoms with Gasteiger partial charge in [-0.3, -0.25) is 4.79 Å². The van der Waals surface area contributed by atoms with E-state index < -0.39 is 23.0 Å².